The van der Waals surface area contributed by atoms with Gasteiger partial charge in [-0.1, -0.05) is 32.0 Å². The second-order valence-electron chi connectivity index (χ2n) is 4.69. The molecule has 1 amide bonds. The van der Waals surface area contributed by atoms with Gasteiger partial charge < -0.3 is 9.32 Å². The highest BCUT2D eigenvalue weighted by Crippen LogP contribution is 2.19. The smallest absolute Gasteiger partial charge is 0.291 e. The van der Waals surface area contributed by atoms with Crippen LogP contribution >= 0.6 is 0 Å². The van der Waals surface area contributed by atoms with Gasteiger partial charge in [0.1, 0.15) is 0 Å². The first-order valence-corrected chi connectivity index (χ1v) is 7.06. The number of carbonyl (C=O) groups is 1. The van der Waals surface area contributed by atoms with Gasteiger partial charge in [0.25, 0.3) is 5.91 Å². The summed E-state index contributed by atoms with van der Waals surface area (Å²) >= 11 is 0. The standard InChI is InChI=1S/C16H20N2O2/c1-3-10-18(11-4-2)16(19)14-12-17-15(20-14)13-8-6-5-7-9-13/h5-9,12H,3-4,10-11H2,1-2H3. The molecule has 1 aromatic carbocycles. The fourth-order valence-electron chi connectivity index (χ4n) is 2.10. The maximum absolute atomic E-state index is 12.4. The number of rotatable bonds is 6. The highest BCUT2D eigenvalue weighted by Gasteiger charge is 2.19. The van der Waals surface area contributed by atoms with E-state index in [0.717, 1.165) is 31.5 Å². The van der Waals surface area contributed by atoms with Crippen LogP contribution in [-0.4, -0.2) is 28.9 Å². The van der Waals surface area contributed by atoms with E-state index in [1.807, 2.05) is 35.2 Å². The third-order valence-corrected chi connectivity index (χ3v) is 3.01. The fraction of sp³-hybridized carbons (Fsp3) is 0.375. The Kier molecular flexibility index (Phi) is 4.93. The third-order valence-electron chi connectivity index (χ3n) is 3.01. The molecule has 4 heteroatoms. The van der Waals surface area contributed by atoms with Gasteiger partial charge in [-0.05, 0) is 25.0 Å². The Hall–Kier alpha value is -2.10. The predicted molar refractivity (Wildman–Crippen MR) is 78.4 cm³/mol. The van der Waals surface area contributed by atoms with Crippen LogP contribution in [0.2, 0.25) is 0 Å². The van der Waals surface area contributed by atoms with Crippen LogP contribution in [0, 0.1) is 0 Å². The zero-order valence-electron chi connectivity index (χ0n) is 12.0. The van der Waals surface area contributed by atoms with Crippen molar-refractivity contribution in [3.05, 3.63) is 42.3 Å². The minimum Gasteiger partial charge on any atom is -0.431 e. The maximum atomic E-state index is 12.4. The molecule has 0 saturated carbocycles. The zero-order chi connectivity index (χ0) is 14.4. The second kappa shape index (κ2) is 6.89. The Morgan fingerprint density at radius 2 is 1.80 bits per heavy atom. The molecule has 0 spiro atoms. The van der Waals surface area contributed by atoms with E-state index in [1.165, 1.54) is 6.20 Å². The van der Waals surface area contributed by atoms with Crippen molar-refractivity contribution in [1.82, 2.24) is 9.88 Å². The minimum atomic E-state index is -0.0802. The molecule has 1 heterocycles. The van der Waals surface area contributed by atoms with Crippen molar-refractivity contribution >= 4 is 5.91 Å². The van der Waals surface area contributed by atoms with Crippen LogP contribution in [0.15, 0.2) is 40.9 Å². The summed E-state index contributed by atoms with van der Waals surface area (Å²) in [6.45, 7) is 5.61. The van der Waals surface area contributed by atoms with Gasteiger partial charge in [0.15, 0.2) is 0 Å². The van der Waals surface area contributed by atoms with Crippen LogP contribution < -0.4 is 0 Å². The molecule has 20 heavy (non-hydrogen) atoms. The molecule has 4 nitrogen and oxygen atoms in total. The van der Waals surface area contributed by atoms with Crippen LogP contribution in [0.1, 0.15) is 37.2 Å². The highest BCUT2D eigenvalue weighted by atomic mass is 16.4. The normalized spacial score (nSPS) is 10.5. The average molecular weight is 272 g/mol. The van der Waals surface area contributed by atoms with Crippen molar-refractivity contribution in [2.75, 3.05) is 13.1 Å². The molecule has 0 atom stereocenters. The molecule has 0 unspecified atom stereocenters. The molecule has 2 rings (SSSR count). The van der Waals surface area contributed by atoms with Crippen molar-refractivity contribution in [2.45, 2.75) is 26.7 Å². The van der Waals surface area contributed by atoms with Crippen molar-refractivity contribution < 1.29 is 9.21 Å². The van der Waals surface area contributed by atoms with Gasteiger partial charge in [0, 0.05) is 18.7 Å². The number of hydrogen-bond acceptors (Lipinski definition) is 3. The lowest BCUT2D eigenvalue weighted by atomic mass is 10.2. The van der Waals surface area contributed by atoms with Gasteiger partial charge in [-0.15, -0.1) is 0 Å². The minimum absolute atomic E-state index is 0.0802. The van der Waals surface area contributed by atoms with E-state index in [-0.39, 0.29) is 5.91 Å². The molecule has 2 aromatic rings. The lowest BCUT2D eigenvalue weighted by molar-refractivity contribution is 0.0724. The van der Waals surface area contributed by atoms with Gasteiger partial charge in [-0.25, -0.2) is 4.98 Å². The van der Waals surface area contributed by atoms with Gasteiger partial charge in [0.2, 0.25) is 11.7 Å². The number of hydrogen-bond donors (Lipinski definition) is 0. The topological polar surface area (TPSA) is 46.3 Å². The number of nitrogens with zero attached hydrogens (tertiary/aromatic N) is 2. The Morgan fingerprint density at radius 3 is 2.40 bits per heavy atom. The summed E-state index contributed by atoms with van der Waals surface area (Å²) in [5.41, 5.74) is 0.879. The van der Waals surface area contributed by atoms with Crippen LogP contribution in [0.25, 0.3) is 11.5 Å². The molecular formula is C16H20N2O2. The predicted octanol–water partition coefficient (Wildman–Crippen LogP) is 3.60. The maximum Gasteiger partial charge on any atom is 0.291 e. The Labute approximate surface area is 119 Å². The zero-order valence-corrected chi connectivity index (χ0v) is 12.0. The molecule has 0 aliphatic heterocycles. The first-order valence-electron chi connectivity index (χ1n) is 7.06. The average Bonchev–Trinajstić information content (AvgIpc) is 2.97. The van der Waals surface area contributed by atoms with E-state index in [2.05, 4.69) is 18.8 Å². The summed E-state index contributed by atoms with van der Waals surface area (Å²) in [5.74, 6) is 0.719. The summed E-state index contributed by atoms with van der Waals surface area (Å²) in [4.78, 5) is 18.4. The van der Waals surface area contributed by atoms with Crippen molar-refractivity contribution in [3.63, 3.8) is 0 Å². The Bertz CT molecular complexity index is 543. The Balaban J connectivity index is 2.17. The number of amides is 1. The molecular weight excluding hydrogens is 252 g/mol. The summed E-state index contributed by atoms with van der Waals surface area (Å²) in [6.07, 6.45) is 3.39. The summed E-state index contributed by atoms with van der Waals surface area (Å²) < 4.78 is 5.60. The van der Waals surface area contributed by atoms with E-state index >= 15 is 0 Å². The molecule has 106 valence electrons. The summed E-state index contributed by atoms with van der Waals surface area (Å²) in [7, 11) is 0. The molecule has 1 aromatic heterocycles. The fourth-order valence-corrected chi connectivity index (χ4v) is 2.10. The van der Waals surface area contributed by atoms with Crippen LogP contribution in [-0.2, 0) is 0 Å². The summed E-state index contributed by atoms with van der Waals surface area (Å²) in [5, 5.41) is 0. The first kappa shape index (κ1) is 14.3. The number of aromatic nitrogens is 1. The first-order chi connectivity index (χ1) is 9.76. The van der Waals surface area contributed by atoms with E-state index in [9.17, 15) is 4.79 Å². The molecule has 0 fully saturated rings. The van der Waals surface area contributed by atoms with Crippen LogP contribution in [0.3, 0.4) is 0 Å². The lowest BCUT2D eigenvalue weighted by Crippen LogP contribution is -2.32. The molecule has 0 N–H and O–H groups in total. The molecule has 0 radical (unpaired) electrons. The van der Waals surface area contributed by atoms with Crippen LogP contribution in [0.4, 0.5) is 0 Å². The van der Waals surface area contributed by atoms with Crippen molar-refractivity contribution in [1.29, 1.82) is 0 Å². The quantitative estimate of drug-likeness (QED) is 0.807. The molecule has 0 bridgehead atoms. The number of carbonyl (C=O) groups excluding carboxylic acids is 1. The van der Waals surface area contributed by atoms with Gasteiger partial charge in [-0.2, -0.15) is 0 Å². The summed E-state index contributed by atoms with van der Waals surface area (Å²) in [6, 6.07) is 9.59. The van der Waals surface area contributed by atoms with E-state index in [0.29, 0.717) is 11.7 Å². The molecule has 0 aliphatic carbocycles. The molecule has 0 saturated heterocycles. The monoisotopic (exact) mass is 272 g/mol. The number of oxazole rings is 1. The van der Waals surface area contributed by atoms with E-state index in [4.69, 9.17) is 4.42 Å². The lowest BCUT2D eigenvalue weighted by Gasteiger charge is -2.19. The van der Waals surface area contributed by atoms with E-state index < -0.39 is 0 Å². The van der Waals surface area contributed by atoms with Gasteiger partial charge in [-0.3, -0.25) is 4.79 Å². The Morgan fingerprint density at radius 1 is 1.15 bits per heavy atom. The largest absolute Gasteiger partial charge is 0.431 e. The third kappa shape index (κ3) is 3.26. The molecule has 0 aliphatic rings. The SMILES string of the molecule is CCCN(CCC)C(=O)c1cnc(-c2ccccc2)o1. The van der Waals surface area contributed by atoms with E-state index in [1.54, 1.807) is 0 Å². The van der Waals surface area contributed by atoms with Gasteiger partial charge >= 0.3 is 0 Å². The number of benzene rings is 1. The van der Waals surface area contributed by atoms with Crippen molar-refractivity contribution in [2.24, 2.45) is 0 Å². The highest BCUT2D eigenvalue weighted by molar-refractivity contribution is 5.91. The second-order valence-corrected chi connectivity index (χ2v) is 4.69. The van der Waals surface area contributed by atoms with Crippen molar-refractivity contribution in [3.8, 4) is 11.5 Å². The van der Waals surface area contributed by atoms with Gasteiger partial charge in [0.05, 0.1) is 6.20 Å². The van der Waals surface area contributed by atoms with Crippen LogP contribution in [0.5, 0.6) is 0 Å².